The minimum Gasteiger partial charge on any atom is -0.505 e. The molecule has 0 fully saturated rings. The van der Waals surface area contributed by atoms with Crippen molar-refractivity contribution in [1.82, 2.24) is 0 Å². The third kappa shape index (κ3) is 2.30. The highest BCUT2D eigenvalue weighted by Gasteiger charge is 2.57. The van der Waals surface area contributed by atoms with E-state index in [1.807, 2.05) is 0 Å². The number of rotatable bonds is 0. The van der Waals surface area contributed by atoms with Gasteiger partial charge in [-0.3, -0.25) is 4.79 Å². The number of hydrogen-bond acceptors (Lipinski definition) is 5. The largest absolute Gasteiger partial charge is 0.505 e. The number of ketones is 1. The molecule has 146 valence electrons. The third-order valence-corrected chi connectivity index (χ3v) is 6.43. The predicted molar refractivity (Wildman–Crippen MR) is 107 cm³/mol. The van der Waals surface area contributed by atoms with Crippen LogP contribution in [-0.4, -0.2) is 22.2 Å². The van der Waals surface area contributed by atoms with Crippen LogP contribution in [0.25, 0.3) is 0 Å². The summed E-state index contributed by atoms with van der Waals surface area (Å²) in [5.41, 5.74) is -0.183. The maximum atomic E-state index is 12.7. The second-order valence-electron chi connectivity index (χ2n) is 6.61. The number of fused-ring (bicyclic) bond motifs is 6. The van der Waals surface area contributed by atoms with E-state index in [0.717, 1.165) is 0 Å². The maximum Gasteiger partial charge on any atom is 0.340 e. The Kier molecular flexibility index (Phi) is 4.00. The molecule has 2 aromatic carbocycles. The van der Waals surface area contributed by atoms with Crippen molar-refractivity contribution >= 4 is 58.2 Å². The molecule has 0 aromatic heterocycles. The molecule has 1 N–H and O–H groups in total. The number of alkyl halides is 1. The summed E-state index contributed by atoms with van der Waals surface area (Å²) < 4.78 is 11.7. The molecule has 29 heavy (non-hydrogen) atoms. The summed E-state index contributed by atoms with van der Waals surface area (Å²) in [6.07, 6.45) is 1.43. The highest BCUT2D eigenvalue weighted by molar-refractivity contribution is 6.50. The fourth-order valence-corrected chi connectivity index (χ4v) is 4.89. The Balaban J connectivity index is 1.96. The fraction of sp³-hybridized carbons (Fsp3) is 0.100. The first-order chi connectivity index (χ1) is 13.8. The second kappa shape index (κ2) is 6.16. The van der Waals surface area contributed by atoms with E-state index >= 15 is 0 Å². The van der Waals surface area contributed by atoms with Crippen LogP contribution in [0.3, 0.4) is 0 Å². The molecule has 9 heteroatoms. The number of halogens is 4. The minimum atomic E-state index is -1.55. The number of phenolic OH excluding ortho intramolecular Hbond substituents is 1. The zero-order valence-corrected chi connectivity index (χ0v) is 17.2. The molecule has 1 aliphatic carbocycles. The molecule has 0 saturated heterocycles. The van der Waals surface area contributed by atoms with Crippen LogP contribution < -0.4 is 4.74 Å². The van der Waals surface area contributed by atoms with Crippen LogP contribution in [0, 0.1) is 0 Å². The molecule has 3 aliphatic rings. The van der Waals surface area contributed by atoms with Crippen LogP contribution in [-0.2, 0) is 15.1 Å². The van der Waals surface area contributed by atoms with Crippen LogP contribution in [0.5, 0.6) is 11.5 Å². The van der Waals surface area contributed by atoms with Gasteiger partial charge < -0.3 is 14.6 Å². The number of carbonyl (C=O) groups is 2. The topological polar surface area (TPSA) is 72.8 Å². The molecule has 5 rings (SSSR count). The lowest BCUT2D eigenvalue weighted by Gasteiger charge is -2.40. The summed E-state index contributed by atoms with van der Waals surface area (Å²) in [7, 11) is 0. The molecule has 1 spiro atoms. The van der Waals surface area contributed by atoms with E-state index in [1.165, 1.54) is 12.1 Å². The molecular weight excluding hydrogens is 462 g/mol. The van der Waals surface area contributed by atoms with E-state index in [-0.39, 0.29) is 37.7 Å². The van der Waals surface area contributed by atoms with Crippen molar-refractivity contribution < 1.29 is 24.2 Å². The summed E-state index contributed by atoms with van der Waals surface area (Å²) in [5.74, 6) is -1.65. The van der Waals surface area contributed by atoms with Gasteiger partial charge in [0.15, 0.2) is 28.6 Å². The van der Waals surface area contributed by atoms with Gasteiger partial charge in [0.05, 0.1) is 16.1 Å². The van der Waals surface area contributed by atoms with Crippen LogP contribution >= 0.6 is 46.4 Å². The first kappa shape index (κ1) is 18.8. The van der Waals surface area contributed by atoms with Crippen molar-refractivity contribution in [2.45, 2.75) is 11.0 Å². The molecule has 5 nitrogen and oxygen atoms in total. The van der Waals surface area contributed by atoms with Crippen LogP contribution in [0.4, 0.5) is 0 Å². The summed E-state index contributed by atoms with van der Waals surface area (Å²) >= 11 is 24.9. The molecule has 0 bridgehead atoms. The number of allylic oxidation sites excluding steroid dienone is 2. The Morgan fingerprint density at radius 1 is 1.07 bits per heavy atom. The number of benzene rings is 2. The molecule has 2 heterocycles. The van der Waals surface area contributed by atoms with E-state index in [9.17, 15) is 14.7 Å². The van der Waals surface area contributed by atoms with Gasteiger partial charge in [-0.25, -0.2) is 4.79 Å². The number of hydrogen-bond donors (Lipinski definition) is 1. The van der Waals surface area contributed by atoms with Crippen LogP contribution in [0.2, 0.25) is 10.0 Å². The monoisotopic (exact) mass is 468 g/mol. The molecule has 2 unspecified atom stereocenters. The van der Waals surface area contributed by atoms with E-state index < -0.39 is 28.5 Å². The van der Waals surface area contributed by atoms with Gasteiger partial charge in [0.1, 0.15) is 15.4 Å². The fourth-order valence-electron chi connectivity index (χ4n) is 3.84. The Bertz CT molecular complexity index is 1220. The summed E-state index contributed by atoms with van der Waals surface area (Å²) in [6.45, 7) is 0. The average Bonchev–Trinajstić information content (AvgIpc) is 3.00. The molecule has 2 atom stereocenters. The Morgan fingerprint density at radius 2 is 1.79 bits per heavy atom. The number of carbonyl (C=O) groups excluding carboxylic acids is 2. The van der Waals surface area contributed by atoms with Crippen molar-refractivity contribution in [2.75, 3.05) is 0 Å². The Labute approximate surface area is 184 Å². The predicted octanol–water partition coefficient (Wildman–Crippen LogP) is 5.07. The van der Waals surface area contributed by atoms with E-state index in [2.05, 4.69) is 0 Å². The molecular formula is C20H8Cl4O5. The number of Topliss-reactive ketones (excluding diaryl/α,β-unsaturated/α-hetero) is 1. The standard InChI is InChI=1S/C20H8Cl4O5/c21-11-5-9-17(13(23)15(11)25)28-18-10(6-12(22)16(26)14(18)24)20(9)8-4-2-1-3-7(8)19(27)29-20/h1-6,11,26H. The van der Waals surface area contributed by atoms with Crippen LogP contribution in [0.15, 0.2) is 52.8 Å². The first-order valence-corrected chi connectivity index (χ1v) is 9.87. The molecule has 0 saturated carbocycles. The van der Waals surface area contributed by atoms with Crippen molar-refractivity contribution in [3.63, 3.8) is 0 Å². The quantitative estimate of drug-likeness (QED) is 0.430. The van der Waals surface area contributed by atoms with Crippen molar-refractivity contribution in [2.24, 2.45) is 0 Å². The van der Waals surface area contributed by atoms with Gasteiger partial charge in [0.25, 0.3) is 0 Å². The van der Waals surface area contributed by atoms with Gasteiger partial charge in [-0.05, 0) is 18.2 Å². The van der Waals surface area contributed by atoms with Crippen molar-refractivity contribution in [3.8, 4) is 11.5 Å². The Hall–Kier alpha value is -2.18. The van der Waals surface area contributed by atoms with Crippen molar-refractivity contribution in [1.29, 1.82) is 0 Å². The second-order valence-corrected chi connectivity index (χ2v) is 8.24. The van der Waals surface area contributed by atoms with E-state index in [0.29, 0.717) is 11.1 Å². The highest BCUT2D eigenvalue weighted by Crippen LogP contribution is 2.60. The Morgan fingerprint density at radius 3 is 2.55 bits per heavy atom. The number of esters is 1. The SMILES string of the molecule is O=C1OC2(C3=CC(Cl)C(=O)C(Cl)=C3Oc3c2cc(Cl)c(O)c3Cl)c2ccccc21. The van der Waals surface area contributed by atoms with Gasteiger partial charge in [-0.15, -0.1) is 11.6 Å². The van der Waals surface area contributed by atoms with Gasteiger partial charge in [-0.1, -0.05) is 53.0 Å². The highest BCUT2D eigenvalue weighted by atomic mass is 35.5. The molecule has 2 aliphatic heterocycles. The first-order valence-electron chi connectivity index (χ1n) is 8.30. The average molecular weight is 470 g/mol. The normalized spacial score (nSPS) is 24.6. The number of ether oxygens (including phenoxy) is 2. The van der Waals surface area contributed by atoms with E-state index in [1.54, 1.807) is 24.3 Å². The summed E-state index contributed by atoms with van der Waals surface area (Å²) in [5, 5.41) is 8.57. The lowest BCUT2D eigenvalue weighted by Crippen LogP contribution is -2.40. The molecule has 2 aromatic rings. The molecule has 0 radical (unpaired) electrons. The van der Waals surface area contributed by atoms with E-state index in [4.69, 9.17) is 55.9 Å². The summed E-state index contributed by atoms with van der Waals surface area (Å²) in [4.78, 5) is 25.1. The zero-order valence-electron chi connectivity index (χ0n) is 14.1. The van der Waals surface area contributed by atoms with Gasteiger partial charge in [-0.2, -0.15) is 0 Å². The minimum absolute atomic E-state index is 0.0239. The number of phenols is 1. The van der Waals surface area contributed by atoms with Gasteiger partial charge in [0.2, 0.25) is 0 Å². The maximum absolute atomic E-state index is 12.7. The van der Waals surface area contributed by atoms with Crippen molar-refractivity contribution in [3.05, 3.63) is 79.5 Å². The van der Waals surface area contributed by atoms with Crippen LogP contribution in [0.1, 0.15) is 21.5 Å². The summed E-state index contributed by atoms with van der Waals surface area (Å²) in [6, 6.07) is 8.15. The van der Waals surface area contributed by atoms with Gasteiger partial charge in [0, 0.05) is 11.1 Å². The third-order valence-electron chi connectivity index (χ3n) is 5.11. The lowest BCUT2D eigenvalue weighted by molar-refractivity contribution is -0.114. The smallest absolute Gasteiger partial charge is 0.340 e. The van der Waals surface area contributed by atoms with Gasteiger partial charge >= 0.3 is 5.97 Å². The number of aromatic hydroxyl groups is 1. The molecule has 0 amide bonds. The lowest BCUT2D eigenvalue weighted by atomic mass is 9.75. The zero-order chi connectivity index (χ0) is 20.7.